The van der Waals surface area contributed by atoms with Crippen molar-refractivity contribution in [1.29, 1.82) is 0 Å². The number of sulfonamides is 1. The van der Waals surface area contributed by atoms with Gasteiger partial charge < -0.3 is 9.73 Å². The molecule has 33 heavy (non-hydrogen) atoms. The van der Waals surface area contributed by atoms with Crippen LogP contribution >= 0.6 is 0 Å². The molecule has 0 bridgehead atoms. The average Bonchev–Trinajstić information content (AvgIpc) is 3.15. The number of halogens is 1. The van der Waals surface area contributed by atoms with Crippen molar-refractivity contribution in [2.75, 3.05) is 24.2 Å². The number of fused-ring (bicyclic) bond motifs is 1. The summed E-state index contributed by atoms with van der Waals surface area (Å²) in [7, 11) is -2.13. The van der Waals surface area contributed by atoms with Gasteiger partial charge in [-0.2, -0.15) is 4.98 Å². The number of amides is 1. The maximum atomic E-state index is 13.4. The summed E-state index contributed by atoms with van der Waals surface area (Å²) >= 11 is 0. The lowest BCUT2D eigenvalue weighted by Gasteiger charge is -2.23. The van der Waals surface area contributed by atoms with Crippen molar-refractivity contribution in [3.8, 4) is 11.3 Å². The van der Waals surface area contributed by atoms with Crippen molar-refractivity contribution >= 4 is 38.9 Å². The van der Waals surface area contributed by atoms with Gasteiger partial charge in [0.05, 0.1) is 17.2 Å². The Morgan fingerprint density at radius 1 is 1.24 bits per heavy atom. The molecule has 9 heteroatoms. The van der Waals surface area contributed by atoms with E-state index in [1.165, 1.54) is 41.7 Å². The molecule has 0 radical (unpaired) electrons. The average molecular weight is 474 g/mol. The summed E-state index contributed by atoms with van der Waals surface area (Å²) in [6.07, 6.45) is 6.25. The van der Waals surface area contributed by atoms with E-state index in [0.29, 0.717) is 22.9 Å². The Morgan fingerprint density at radius 3 is 2.52 bits per heavy atom. The van der Waals surface area contributed by atoms with E-state index in [2.05, 4.69) is 23.8 Å². The highest BCUT2D eigenvalue weighted by Crippen LogP contribution is 2.36. The van der Waals surface area contributed by atoms with Crippen LogP contribution in [0.3, 0.4) is 0 Å². The summed E-state index contributed by atoms with van der Waals surface area (Å²) in [6.45, 7) is 6.16. The molecule has 0 spiro atoms. The normalized spacial score (nSPS) is 11.5. The Bertz CT molecular complexity index is 1270. The van der Waals surface area contributed by atoms with Crippen LogP contribution in [0.1, 0.15) is 48.5 Å². The van der Waals surface area contributed by atoms with Crippen LogP contribution in [0.25, 0.3) is 28.5 Å². The van der Waals surface area contributed by atoms with Crippen LogP contribution in [0.4, 0.5) is 10.2 Å². The van der Waals surface area contributed by atoms with Gasteiger partial charge in [0.25, 0.3) is 5.91 Å². The van der Waals surface area contributed by atoms with Crippen LogP contribution in [0.5, 0.6) is 0 Å². The van der Waals surface area contributed by atoms with Crippen molar-refractivity contribution in [2.45, 2.75) is 32.6 Å². The molecule has 0 atom stereocenters. The third kappa shape index (κ3) is 5.24. The van der Waals surface area contributed by atoms with Crippen LogP contribution in [0, 0.1) is 5.82 Å². The highest BCUT2D eigenvalue weighted by Gasteiger charge is 2.27. The number of aromatic nitrogens is 1. The van der Waals surface area contributed by atoms with E-state index in [1.807, 2.05) is 0 Å². The summed E-state index contributed by atoms with van der Waals surface area (Å²) in [5.41, 5.74) is 1.29. The lowest BCUT2D eigenvalue weighted by molar-refractivity contribution is 0.0964. The molecular formula is C24H28FN3O4S. The molecule has 1 amide bonds. The number of rotatable bonds is 10. The standard InChI is InChI=1S/C24H28FN3O4S/c1-5-7-8-9-14-28(33(4,30)31)22-16(6-2)15-19-20(23(29)26-3)21(32-24(19)27-22)17-10-12-18(25)13-11-17/h6,10-13,15H,2,5,7-9,14H2,1,3-4H3,(H,26,29). The molecule has 0 unspecified atom stereocenters. The highest BCUT2D eigenvalue weighted by molar-refractivity contribution is 7.92. The van der Waals surface area contributed by atoms with Crippen molar-refractivity contribution in [2.24, 2.45) is 0 Å². The zero-order chi connectivity index (χ0) is 24.2. The van der Waals surface area contributed by atoms with Crippen molar-refractivity contribution in [1.82, 2.24) is 10.3 Å². The predicted molar refractivity (Wildman–Crippen MR) is 129 cm³/mol. The van der Waals surface area contributed by atoms with E-state index in [9.17, 15) is 17.6 Å². The molecule has 0 aliphatic rings. The molecule has 7 nitrogen and oxygen atoms in total. The largest absolute Gasteiger partial charge is 0.437 e. The molecule has 0 fully saturated rings. The number of benzene rings is 1. The number of nitrogens with one attached hydrogen (secondary N) is 1. The van der Waals surface area contributed by atoms with Gasteiger partial charge in [-0.25, -0.2) is 12.8 Å². The Labute approximate surface area is 193 Å². The Balaban J connectivity index is 2.21. The van der Waals surface area contributed by atoms with Gasteiger partial charge in [0.2, 0.25) is 15.7 Å². The minimum absolute atomic E-state index is 0.107. The number of anilines is 1. The van der Waals surface area contributed by atoms with E-state index in [-0.39, 0.29) is 29.4 Å². The molecule has 0 aliphatic heterocycles. The summed E-state index contributed by atoms with van der Waals surface area (Å²) < 4.78 is 45.8. The van der Waals surface area contributed by atoms with E-state index in [0.717, 1.165) is 25.5 Å². The lowest BCUT2D eigenvalue weighted by Crippen LogP contribution is -2.32. The van der Waals surface area contributed by atoms with Crippen molar-refractivity contribution in [3.05, 3.63) is 53.9 Å². The highest BCUT2D eigenvalue weighted by atomic mass is 32.2. The Morgan fingerprint density at radius 2 is 1.94 bits per heavy atom. The Kier molecular flexibility index (Phi) is 7.53. The number of carbonyl (C=O) groups excluding carboxylic acids is 1. The second-order valence-electron chi connectivity index (χ2n) is 7.75. The van der Waals surface area contributed by atoms with Gasteiger partial charge in [0.1, 0.15) is 11.6 Å². The van der Waals surface area contributed by atoms with Gasteiger partial charge in [-0.1, -0.05) is 38.8 Å². The summed E-state index contributed by atoms with van der Waals surface area (Å²) in [5, 5.41) is 3.00. The van der Waals surface area contributed by atoms with Gasteiger partial charge in [0.15, 0.2) is 5.82 Å². The fourth-order valence-electron chi connectivity index (χ4n) is 3.65. The molecule has 2 heterocycles. The number of unbranched alkanes of at least 4 members (excludes halogenated alkanes) is 3. The zero-order valence-corrected chi connectivity index (χ0v) is 19.8. The monoisotopic (exact) mass is 473 g/mol. The number of furan rings is 1. The summed E-state index contributed by atoms with van der Waals surface area (Å²) in [4.78, 5) is 17.2. The predicted octanol–water partition coefficient (Wildman–Crippen LogP) is 4.98. The smallest absolute Gasteiger partial charge is 0.255 e. The third-order valence-corrected chi connectivity index (χ3v) is 6.48. The maximum Gasteiger partial charge on any atom is 0.255 e. The number of carbonyl (C=O) groups is 1. The van der Waals surface area contributed by atoms with Crippen LogP contribution in [0.15, 0.2) is 41.3 Å². The molecular weight excluding hydrogens is 445 g/mol. The summed E-state index contributed by atoms with van der Waals surface area (Å²) in [6, 6.07) is 7.20. The second-order valence-corrected chi connectivity index (χ2v) is 9.65. The van der Waals surface area contributed by atoms with Crippen molar-refractivity contribution in [3.63, 3.8) is 0 Å². The molecule has 2 aromatic heterocycles. The number of nitrogens with zero attached hydrogens (tertiary/aromatic N) is 2. The minimum atomic E-state index is -3.63. The number of pyridine rings is 1. The lowest BCUT2D eigenvalue weighted by atomic mass is 10.0. The topological polar surface area (TPSA) is 92.5 Å². The van der Waals surface area contributed by atoms with Crippen molar-refractivity contribution < 1.29 is 22.0 Å². The first-order valence-electron chi connectivity index (χ1n) is 10.8. The molecule has 176 valence electrons. The fourth-order valence-corrected chi connectivity index (χ4v) is 4.57. The minimum Gasteiger partial charge on any atom is -0.437 e. The number of hydrogen-bond donors (Lipinski definition) is 1. The van der Waals surface area contributed by atoms with Gasteiger partial charge in [0, 0.05) is 24.7 Å². The third-order valence-electron chi connectivity index (χ3n) is 5.32. The first-order valence-corrected chi connectivity index (χ1v) is 12.6. The SMILES string of the molecule is C=Cc1cc2c(C(=O)NC)c(-c3ccc(F)cc3)oc2nc1N(CCCCCC)S(C)(=O)=O. The molecule has 0 saturated heterocycles. The molecule has 0 saturated carbocycles. The molecule has 3 aromatic rings. The molecule has 1 N–H and O–H groups in total. The van der Waals surface area contributed by atoms with Gasteiger partial charge in [-0.3, -0.25) is 9.10 Å². The van der Waals surface area contributed by atoms with Gasteiger partial charge in [-0.05, 0) is 36.8 Å². The molecule has 0 aliphatic carbocycles. The van der Waals surface area contributed by atoms with E-state index >= 15 is 0 Å². The molecule has 3 rings (SSSR count). The number of hydrogen-bond acceptors (Lipinski definition) is 5. The quantitative estimate of drug-likeness (QED) is 0.419. The molecule has 1 aromatic carbocycles. The van der Waals surface area contributed by atoms with Gasteiger partial charge in [-0.15, -0.1) is 0 Å². The zero-order valence-electron chi connectivity index (χ0n) is 19.0. The van der Waals surface area contributed by atoms with Crippen LogP contribution in [-0.4, -0.2) is 39.2 Å². The summed E-state index contributed by atoms with van der Waals surface area (Å²) in [5.74, 6) is -0.410. The first kappa shape index (κ1) is 24.4. The maximum absolute atomic E-state index is 13.4. The van der Waals surface area contributed by atoms with Gasteiger partial charge >= 0.3 is 0 Å². The van der Waals surface area contributed by atoms with Crippen LogP contribution < -0.4 is 9.62 Å². The fraction of sp³-hybridized carbons (Fsp3) is 0.333. The second kappa shape index (κ2) is 10.2. The van der Waals surface area contributed by atoms with E-state index in [1.54, 1.807) is 6.07 Å². The van der Waals surface area contributed by atoms with Crippen LogP contribution in [-0.2, 0) is 10.0 Å². The van der Waals surface area contributed by atoms with E-state index < -0.39 is 21.7 Å². The Hall–Kier alpha value is -3.20. The van der Waals surface area contributed by atoms with E-state index in [4.69, 9.17) is 4.42 Å². The van der Waals surface area contributed by atoms with Crippen LogP contribution in [0.2, 0.25) is 0 Å². The first-order chi connectivity index (χ1) is 15.7.